The van der Waals surface area contributed by atoms with Crippen molar-refractivity contribution in [3.05, 3.63) is 93.9 Å². The predicted molar refractivity (Wildman–Crippen MR) is 132 cm³/mol. The zero-order chi connectivity index (χ0) is 26.2. The molecule has 0 saturated carbocycles. The van der Waals surface area contributed by atoms with E-state index in [4.69, 9.17) is 9.26 Å². The van der Waals surface area contributed by atoms with E-state index < -0.39 is 17.6 Å². The predicted octanol–water partition coefficient (Wildman–Crippen LogP) is 4.22. The van der Waals surface area contributed by atoms with Gasteiger partial charge < -0.3 is 24.0 Å². The van der Waals surface area contributed by atoms with E-state index in [1.807, 2.05) is 17.2 Å². The Morgan fingerprint density at radius 2 is 1.95 bits per heavy atom. The SMILES string of the molecule is Cc1cc(C(=O)Nc2cccc(OCN3C=c4cnoc4=CC3)c2)c(C)n1-c1ccccc1C(F)(F)F. The number of para-hydroxylation sites is 1. The molecule has 0 unspecified atom stereocenters. The number of nitrogens with one attached hydrogen (secondary N) is 1. The molecule has 0 atom stereocenters. The number of aryl methyl sites for hydroxylation is 1. The Balaban J connectivity index is 1.32. The van der Waals surface area contributed by atoms with Crippen LogP contribution in [0.25, 0.3) is 18.0 Å². The lowest BCUT2D eigenvalue weighted by atomic mass is 10.1. The van der Waals surface area contributed by atoms with E-state index >= 15 is 0 Å². The largest absolute Gasteiger partial charge is 0.473 e. The number of rotatable bonds is 6. The Morgan fingerprint density at radius 3 is 2.76 bits per heavy atom. The fraction of sp³-hybridized carbons (Fsp3) is 0.185. The van der Waals surface area contributed by atoms with Crippen molar-refractivity contribution < 1.29 is 27.2 Å². The van der Waals surface area contributed by atoms with Crippen molar-refractivity contribution in [2.75, 3.05) is 18.6 Å². The van der Waals surface area contributed by atoms with Gasteiger partial charge in [-0.3, -0.25) is 4.79 Å². The van der Waals surface area contributed by atoms with Crippen LogP contribution in [0.15, 0.2) is 65.3 Å². The Kier molecular flexibility index (Phi) is 6.24. The van der Waals surface area contributed by atoms with Gasteiger partial charge in [-0.15, -0.1) is 0 Å². The van der Waals surface area contributed by atoms with Gasteiger partial charge in [-0.2, -0.15) is 13.2 Å². The molecule has 1 aliphatic heterocycles. The molecule has 2 aromatic carbocycles. The zero-order valence-corrected chi connectivity index (χ0v) is 20.0. The fourth-order valence-corrected chi connectivity index (χ4v) is 4.34. The van der Waals surface area contributed by atoms with Gasteiger partial charge in [-0.1, -0.05) is 23.4 Å². The Hall–Kier alpha value is -4.47. The summed E-state index contributed by atoms with van der Waals surface area (Å²) < 4.78 is 53.3. The lowest BCUT2D eigenvalue weighted by Crippen LogP contribution is -2.34. The number of hydrogen-bond acceptors (Lipinski definition) is 5. The molecule has 0 aliphatic carbocycles. The number of benzene rings is 2. The first kappa shape index (κ1) is 24.2. The average molecular weight is 509 g/mol. The minimum absolute atomic E-state index is 0.0236. The van der Waals surface area contributed by atoms with Crippen molar-refractivity contribution in [3.8, 4) is 11.4 Å². The monoisotopic (exact) mass is 508 g/mol. The molecule has 7 nitrogen and oxygen atoms in total. The van der Waals surface area contributed by atoms with E-state index in [0.29, 0.717) is 29.4 Å². The first-order chi connectivity index (χ1) is 17.7. The molecule has 2 aromatic heterocycles. The van der Waals surface area contributed by atoms with Crippen molar-refractivity contribution in [1.29, 1.82) is 0 Å². The summed E-state index contributed by atoms with van der Waals surface area (Å²) in [7, 11) is 0. The number of carbonyl (C=O) groups is 1. The third kappa shape index (κ3) is 4.95. The Labute approximate surface area is 210 Å². The van der Waals surface area contributed by atoms with Crippen LogP contribution in [0.1, 0.15) is 27.3 Å². The topological polar surface area (TPSA) is 72.5 Å². The number of aromatic nitrogens is 2. The molecule has 1 N–H and O–H groups in total. The van der Waals surface area contributed by atoms with Gasteiger partial charge in [-0.05, 0) is 50.3 Å². The van der Waals surface area contributed by atoms with E-state index in [1.54, 1.807) is 56.4 Å². The van der Waals surface area contributed by atoms with Crippen LogP contribution in [0.4, 0.5) is 18.9 Å². The summed E-state index contributed by atoms with van der Waals surface area (Å²) in [5.74, 6) is 0.117. The second-order valence-electron chi connectivity index (χ2n) is 8.64. The maximum absolute atomic E-state index is 13.6. The van der Waals surface area contributed by atoms with E-state index in [1.165, 1.54) is 16.7 Å². The van der Waals surface area contributed by atoms with Gasteiger partial charge in [0, 0.05) is 35.9 Å². The average Bonchev–Trinajstić information content (AvgIpc) is 3.45. The van der Waals surface area contributed by atoms with Gasteiger partial charge >= 0.3 is 6.18 Å². The fourth-order valence-electron chi connectivity index (χ4n) is 4.34. The molecule has 5 rings (SSSR count). The van der Waals surface area contributed by atoms with E-state index in [0.717, 1.165) is 16.7 Å². The van der Waals surface area contributed by atoms with Crippen LogP contribution in [0.5, 0.6) is 5.75 Å². The quantitative estimate of drug-likeness (QED) is 0.422. The van der Waals surface area contributed by atoms with Gasteiger partial charge in [0.15, 0.2) is 12.1 Å². The van der Waals surface area contributed by atoms with Crippen LogP contribution < -0.4 is 20.7 Å². The Bertz CT molecular complexity index is 1590. The lowest BCUT2D eigenvalue weighted by Gasteiger charge is -2.20. The number of alkyl halides is 3. The standard InChI is InChI=1S/C27H23F3N4O3/c1-17-12-22(18(2)34(17)24-9-4-3-8-23(24)27(28,29)30)26(35)32-20-6-5-7-21(13-20)36-16-33-11-10-25-19(15-33)14-31-37-25/h3-10,12-15H,11,16H2,1-2H3,(H,32,35). The molecule has 4 aromatic rings. The van der Waals surface area contributed by atoms with Crippen molar-refractivity contribution in [2.45, 2.75) is 20.0 Å². The van der Waals surface area contributed by atoms with Crippen LogP contribution in [0.2, 0.25) is 0 Å². The van der Waals surface area contributed by atoms with Crippen molar-refractivity contribution >= 4 is 23.9 Å². The summed E-state index contributed by atoms with van der Waals surface area (Å²) in [5.41, 5.74) is 1.64. The smallest absolute Gasteiger partial charge is 0.418 e. The lowest BCUT2D eigenvalue weighted by molar-refractivity contribution is -0.137. The molecule has 190 valence electrons. The first-order valence-electron chi connectivity index (χ1n) is 11.5. The molecule has 0 radical (unpaired) electrons. The zero-order valence-electron chi connectivity index (χ0n) is 20.0. The second-order valence-corrected chi connectivity index (χ2v) is 8.64. The van der Waals surface area contributed by atoms with Gasteiger partial charge in [0.05, 0.1) is 28.2 Å². The molecular weight excluding hydrogens is 485 g/mol. The van der Waals surface area contributed by atoms with Crippen molar-refractivity contribution in [3.63, 3.8) is 0 Å². The third-order valence-corrected chi connectivity index (χ3v) is 6.08. The van der Waals surface area contributed by atoms with E-state index in [-0.39, 0.29) is 18.0 Å². The molecule has 0 saturated heterocycles. The van der Waals surface area contributed by atoms with E-state index in [2.05, 4.69) is 10.5 Å². The van der Waals surface area contributed by atoms with Gasteiger partial charge in [0.25, 0.3) is 5.91 Å². The number of carbonyl (C=O) groups excluding carboxylic acids is 1. The van der Waals surface area contributed by atoms with Crippen LogP contribution in [-0.2, 0) is 6.18 Å². The van der Waals surface area contributed by atoms with E-state index in [9.17, 15) is 18.0 Å². The number of nitrogens with zero attached hydrogens (tertiary/aromatic N) is 3. The normalized spacial score (nSPS) is 12.9. The highest BCUT2D eigenvalue weighted by Crippen LogP contribution is 2.35. The summed E-state index contributed by atoms with van der Waals surface area (Å²) in [6.45, 7) is 4.18. The summed E-state index contributed by atoms with van der Waals surface area (Å²) in [6.07, 6.45) is 0.910. The summed E-state index contributed by atoms with van der Waals surface area (Å²) in [6, 6.07) is 13.8. The van der Waals surface area contributed by atoms with Gasteiger partial charge in [-0.25, -0.2) is 0 Å². The van der Waals surface area contributed by atoms with Crippen LogP contribution in [-0.4, -0.2) is 33.8 Å². The summed E-state index contributed by atoms with van der Waals surface area (Å²) >= 11 is 0. The highest BCUT2D eigenvalue weighted by molar-refractivity contribution is 6.05. The molecule has 3 heterocycles. The number of amides is 1. The molecule has 37 heavy (non-hydrogen) atoms. The second kappa shape index (κ2) is 9.53. The maximum atomic E-state index is 13.6. The first-order valence-corrected chi connectivity index (χ1v) is 11.5. The Morgan fingerprint density at radius 1 is 1.14 bits per heavy atom. The minimum Gasteiger partial charge on any atom is -0.473 e. The highest BCUT2D eigenvalue weighted by atomic mass is 19.4. The number of ether oxygens (including phenoxy) is 1. The molecule has 1 amide bonds. The summed E-state index contributed by atoms with van der Waals surface area (Å²) in [5, 5.41) is 7.46. The van der Waals surface area contributed by atoms with Crippen LogP contribution >= 0.6 is 0 Å². The third-order valence-electron chi connectivity index (χ3n) is 6.08. The summed E-state index contributed by atoms with van der Waals surface area (Å²) in [4.78, 5) is 15.0. The van der Waals surface area contributed by atoms with Crippen molar-refractivity contribution in [1.82, 2.24) is 14.6 Å². The number of fused-ring (bicyclic) bond motifs is 1. The highest BCUT2D eigenvalue weighted by Gasteiger charge is 2.34. The molecular formula is C27H23F3N4O3. The number of halogens is 3. The van der Waals surface area contributed by atoms with Crippen LogP contribution in [0, 0.1) is 13.8 Å². The number of anilines is 1. The van der Waals surface area contributed by atoms with Crippen LogP contribution in [0.3, 0.4) is 0 Å². The number of hydrogen-bond donors (Lipinski definition) is 1. The molecule has 10 heteroatoms. The molecule has 0 bridgehead atoms. The maximum Gasteiger partial charge on any atom is 0.418 e. The van der Waals surface area contributed by atoms with Crippen molar-refractivity contribution in [2.24, 2.45) is 0 Å². The molecule has 1 aliphatic rings. The minimum atomic E-state index is -4.52. The van der Waals surface area contributed by atoms with Gasteiger partial charge in [0.2, 0.25) is 0 Å². The molecule has 0 fully saturated rings. The molecule has 0 spiro atoms. The van der Waals surface area contributed by atoms with Gasteiger partial charge in [0.1, 0.15) is 5.75 Å².